The van der Waals surface area contributed by atoms with Crippen molar-refractivity contribution in [3.63, 3.8) is 0 Å². The van der Waals surface area contributed by atoms with Gasteiger partial charge in [0.05, 0.1) is 12.2 Å². The first-order valence-corrected chi connectivity index (χ1v) is 6.91. The van der Waals surface area contributed by atoms with Gasteiger partial charge >= 0.3 is 0 Å². The van der Waals surface area contributed by atoms with E-state index in [1.807, 2.05) is 60.0 Å². The summed E-state index contributed by atoms with van der Waals surface area (Å²) in [6.45, 7) is 5.32. The number of rotatable bonds is 3. The minimum atomic E-state index is 0.0616. The van der Waals surface area contributed by atoms with Gasteiger partial charge in [0.1, 0.15) is 5.69 Å². The molecule has 0 unspecified atom stereocenters. The Morgan fingerprint density at radius 2 is 1.95 bits per heavy atom. The summed E-state index contributed by atoms with van der Waals surface area (Å²) in [7, 11) is 0. The number of benzene rings is 1. The maximum Gasteiger partial charge on any atom is 0.225 e. The van der Waals surface area contributed by atoms with Crippen LogP contribution >= 0.6 is 0 Å². The van der Waals surface area contributed by atoms with E-state index in [0.29, 0.717) is 0 Å². The fourth-order valence-electron chi connectivity index (χ4n) is 2.36. The molecule has 0 bridgehead atoms. The number of amides is 1. The third-order valence-electron chi connectivity index (χ3n) is 3.62. The Labute approximate surface area is 118 Å². The Kier molecular flexibility index (Phi) is 3.26. The van der Waals surface area contributed by atoms with E-state index in [9.17, 15) is 4.79 Å². The van der Waals surface area contributed by atoms with Gasteiger partial charge < -0.3 is 4.90 Å². The average molecular weight is 270 g/mol. The van der Waals surface area contributed by atoms with Crippen LogP contribution in [0.1, 0.15) is 19.9 Å². The smallest absolute Gasteiger partial charge is 0.225 e. The lowest BCUT2D eigenvalue weighted by Crippen LogP contribution is -2.52. The van der Waals surface area contributed by atoms with Crippen LogP contribution in [0.3, 0.4) is 0 Å². The normalized spacial score (nSPS) is 15.4. The molecule has 20 heavy (non-hydrogen) atoms. The molecule has 5 nitrogen and oxygen atoms in total. The fourth-order valence-corrected chi connectivity index (χ4v) is 2.36. The molecule has 0 aliphatic carbocycles. The van der Waals surface area contributed by atoms with Gasteiger partial charge in [-0.05, 0) is 0 Å². The number of carbonyl (C=O) groups is 1. The summed E-state index contributed by atoms with van der Waals surface area (Å²) in [5, 5.41) is 8.39. The summed E-state index contributed by atoms with van der Waals surface area (Å²) in [4.78, 5) is 13.7. The topological polar surface area (TPSA) is 51.0 Å². The molecule has 1 aromatic carbocycles. The van der Waals surface area contributed by atoms with E-state index in [4.69, 9.17) is 0 Å². The predicted octanol–water partition coefficient (Wildman–Crippen LogP) is 1.98. The number of hydrogen-bond donors (Lipinski definition) is 0. The number of likely N-dealkylation sites (tertiary alicyclic amines) is 1. The summed E-state index contributed by atoms with van der Waals surface area (Å²) in [6.07, 6.45) is 1.96. The van der Waals surface area contributed by atoms with Crippen molar-refractivity contribution < 1.29 is 4.79 Å². The first-order valence-electron chi connectivity index (χ1n) is 6.91. The molecule has 2 heterocycles. The van der Waals surface area contributed by atoms with Crippen molar-refractivity contribution in [3.8, 4) is 11.3 Å². The first kappa shape index (κ1) is 12.8. The van der Waals surface area contributed by atoms with Crippen LogP contribution in [0.25, 0.3) is 11.3 Å². The van der Waals surface area contributed by atoms with Crippen molar-refractivity contribution >= 4 is 5.91 Å². The van der Waals surface area contributed by atoms with Crippen LogP contribution in [0.4, 0.5) is 0 Å². The Balaban J connectivity index is 1.67. The SMILES string of the molecule is CC(C)C(=O)N1CC(n2cc(-c3ccccc3)nn2)C1. The largest absolute Gasteiger partial charge is 0.338 e. The number of nitrogens with zero attached hydrogens (tertiary/aromatic N) is 4. The van der Waals surface area contributed by atoms with Crippen LogP contribution < -0.4 is 0 Å². The summed E-state index contributed by atoms with van der Waals surface area (Å²) in [5.41, 5.74) is 1.94. The highest BCUT2D eigenvalue weighted by Crippen LogP contribution is 2.24. The molecule has 2 aromatic rings. The van der Waals surface area contributed by atoms with E-state index in [0.717, 1.165) is 24.3 Å². The Bertz CT molecular complexity index is 599. The maximum atomic E-state index is 11.8. The molecule has 104 valence electrons. The highest BCUT2D eigenvalue weighted by Gasteiger charge is 2.33. The van der Waals surface area contributed by atoms with Gasteiger partial charge in [-0.25, -0.2) is 4.68 Å². The lowest BCUT2D eigenvalue weighted by molar-refractivity contribution is -0.140. The molecule has 1 amide bonds. The molecular weight excluding hydrogens is 252 g/mol. The van der Waals surface area contributed by atoms with Crippen LogP contribution in [-0.2, 0) is 4.79 Å². The summed E-state index contributed by atoms with van der Waals surface area (Å²) < 4.78 is 1.87. The van der Waals surface area contributed by atoms with Gasteiger partial charge in [-0.15, -0.1) is 5.10 Å². The van der Waals surface area contributed by atoms with Gasteiger partial charge in [0, 0.05) is 24.6 Å². The molecule has 0 N–H and O–H groups in total. The summed E-state index contributed by atoms with van der Waals surface area (Å²) in [6, 6.07) is 10.2. The van der Waals surface area contributed by atoms with E-state index >= 15 is 0 Å². The number of hydrogen-bond acceptors (Lipinski definition) is 3. The summed E-state index contributed by atoms with van der Waals surface area (Å²) in [5.74, 6) is 0.274. The van der Waals surface area contributed by atoms with Crippen LogP contribution in [0, 0.1) is 5.92 Å². The van der Waals surface area contributed by atoms with Crippen LogP contribution in [0.5, 0.6) is 0 Å². The van der Waals surface area contributed by atoms with Crippen molar-refractivity contribution in [2.45, 2.75) is 19.9 Å². The average Bonchev–Trinajstić information content (AvgIpc) is 2.87. The van der Waals surface area contributed by atoms with E-state index in [-0.39, 0.29) is 17.9 Å². The van der Waals surface area contributed by atoms with E-state index in [2.05, 4.69) is 10.3 Å². The molecule has 3 rings (SSSR count). The highest BCUT2D eigenvalue weighted by atomic mass is 16.2. The Morgan fingerprint density at radius 3 is 2.60 bits per heavy atom. The van der Waals surface area contributed by atoms with Crippen LogP contribution in [0.15, 0.2) is 36.5 Å². The first-order chi connectivity index (χ1) is 9.65. The van der Waals surface area contributed by atoms with Gasteiger partial charge in [-0.2, -0.15) is 0 Å². The molecule has 0 spiro atoms. The van der Waals surface area contributed by atoms with Crippen molar-refractivity contribution in [1.29, 1.82) is 0 Å². The quantitative estimate of drug-likeness (QED) is 0.857. The molecule has 0 saturated carbocycles. The minimum Gasteiger partial charge on any atom is -0.338 e. The lowest BCUT2D eigenvalue weighted by atomic mass is 10.1. The molecule has 1 aromatic heterocycles. The predicted molar refractivity (Wildman–Crippen MR) is 75.9 cm³/mol. The fraction of sp³-hybridized carbons (Fsp3) is 0.400. The second-order valence-electron chi connectivity index (χ2n) is 5.50. The zero-order valence-corrected chi connectivity index (χ0v) is 11.7. The number of aromatic nitrogens is 3. The molecule has 5 heteroatoms. The van der Waals surface area contributed by atoms with Gasteiger partial charge in [0.15, 0.2) is 0 Å². The lowest BCUT2D eigenvalue weighted by Gasteiger charge is -2.39. The maximum absolute atomic E-state index is 11.8. The van der Waals surface area contributed by atoms with Gasteiger partial charge in [-0.3, -0.25) is 4.79 Å². The Morgan fingerprint density at radius 1 is 1.25 bits per heavy atom. The van der Waals surface area contributed by atoms with E-state index in [1.165, 1.54) is 0 Å². The molecule has 0 radical (unpaired) electrons. The zero-order chi connectivity index (χ0) is 14.1. The van der Waals surface area contributed by atoms with Crippen molar-refractivity contribution in [3.05, 3.63) is 36.5 Å². The standard InChI is InChI=1S/C15H18N4O/c1-11(2)15(20)18-8-13(9-18)19-10-14(16-17-19)12-6-4-3-5-7-12/h3-7,10-11,13H,8-9H2,1-2H3. The van der Waals surface area contributed by atoms with Gasteiger partial charge in [0.2, 0.25) is 5.91 Å². The van der Waals surface area contributed by atoms with Gasteiger partial charge in [-0.1, -0.05) is 49.4 Å². The minimum absolute atomic E-state index is 0.0616. The van der Waals surface area contributed by atoms with Gasteiger partial charge in [0.25, 0.3) is 0 Å². The molecule has 1 saturated heterocycles. The molecule has 1 aliphatic heterocycles. The molecular formula is C15H18N4O. The second kappa shape index (κ2) is 5.07. The van der Waals surface area contributed by atoms with E-state index < -0.39 is 0 Å². The van der Waals surface area contributed by atoms with Crippen molar-refractivity contribution in [2.75, 3.05) is 13.1 Å². The monoisotopic (exact) mass is 270 g/mol. The number of carbonyl (C=O) groups excluding carboxylic acids is 1. The highest BCUT2D eigenvalue weighted by molar-refractivity contribution is 5.79. The summed E-state index contributed by atoms with van der Waals surface area (Å²) >= 11 is 0. The molecule has 1 aliphatic rings. The van der Waals surface area contributed by atoms with Crippen molar-refractivity contribution in [1.82, 2.24) is 19.9 Å². The molecule has 0 atom stereocenters. The van der Waals surface area contributed by atoms with Crippen LogP contribution in [-0.4, -0.2) is 38.9 Å². The third kappa shape index (κ3) is 2.31. The van der Waals surface area contributed by atoms with Crippen LogP contribution in [0.2, 0.25) is 0 Å². The van der Waals surface area contributed by atoms with Crippen molar-refractivity contribution in [2.24, 2.45) is 5.92 Å². The second-order valence-corrected chi connectivity index (χ2v) is 5.50. The Hall–Kier alpha value is -2.17. The molecule has 1 fully saturated rings. The third-order valence-corrected chi connectivity index (χ3v) is 3.62. The van der Waals surface area contributed by atoms with E-state index in [1.54, 1.807) is 0 Å². The zero-order valence-electron chi connectivity index (χ0n) is 11.7.